The van der Waals surface area contributed by atoms with Crippen LogP contribution < -0.4 is 34.8 Å². The summed E-state index contributed by atoms with van der Waals surface area (Å²) in [5.74, 6) is 1.35. The summed E-state index contributed by atoms with van der Waals surface area (Å²) in [5.41, 5.74) is 0. The van der Waals surface area contributed by atoms with Crippen molar-refractivity contribution in [1.29, 1.82) is 0 Å². The largest absolute Gasteiger partial charge is 1.00 e. The van der Waals surface area contributed by atoms with Gasteiger partial charge in [0.15, 0.2) is 12.4 Å². The smallest absolute Gasteiger partial charge is 0.691 e. The average Bonchev–Trinajstić information content (AvgIpc) is 2.54. The fourth-order valence-electron chi connectivity index (χ4n) is 2.58. The second-order valence-electron chi connectivity index (χ2n) is 5.69. The Hall–Kier alpha value is 0.470. The molecule has 24 heavy (non-hydrogen) atoms. The summed E-state index contributed by atoms with van der Waals surface area (Å²) in [6, 6.07) is 0. The van der Waals surface area contributed by atoms with Gasteiger partial charge in [-0.05, 0) is 11.8 Å². The third-order valence-electron chi connectivity index (χ3n) is 4.33. The quantitative estimate of drug-likeness (QED) is 0.110. The number of terminal acetylenes is 1. The SMILES string of the molecule is C#COC(COC)COC1OC(CSOO[O-])C(C)C(C)C1C.[Na+]. The van der Waals surface area contributed by atoms with Crippen LogP contribution in [0.3, 0.4) is 0 Å². The Labute approximate surface area is 170 Å². The Morgan fingerprint density at radius 3 is 2.50 bits per heavy atom. The maximum atomic E-state index is 9.88. The summed E-state index contributed by atoms with van der Waals surface area (Å²) in [6.45, 7) is 6.95. The van der Waals surface area contributed by atoms with Crippen LogP contribution in [0, 0.1) is 30.3 Å². The monoisotopic (exact) mass is 372 g/mol. The molecule has 1 rings (SSSR count). The first-order valence-corrected chi connectivity index (χ1v) is 8.41. The number of hydrogen-bond donors (Lipinski definition) is 0. The van der Waals surface area contributed by atoms with Crippen LogP contribution in [-0.2, 0) is 28.3 Å². The zero-order valence-corrected chi connectivity index (χ0v) is 17.7. The Balaban J connectivity index is 0.00000529. The molecule has 1 aliphatic heterocycles. The van der Waals surface area contributed by atoms with Gasteiger partial charge in [-0.2, -0.15) is 4.33 Å². The van der Waals surface area contributed by atoms with E-state index in [4.69, 9.17) is 25.4 Å². The molecule has 0 aromatic heterocycles. The van der Waals surface area contributed by atoms with Gasteiger partial charge in [0.2, 0.25) is 0 Å². The van der Waals surface area contributed by atoms with Crippen LogP contribution >= 0.6 is 12.0 Å². The molecule has 1 fully saturated rings. The first kappa shape index (κ1) is 24.5. The molecule has 134 valence electrons. The van der Waals surface area contributed by atoms with Gasteiger partial charge in [-0.1, -0.05) is 27.2 Å². The molecule has 0 N–H and O–H groups in total. The second kappa shape index (κ2) is 13.6. The molecule has 0 aliphatic carbocycles. The van der Waals surface area contributed by atoms with Gasteiger partial charge in [0, 0.05) is 30.8 Å². The molecule has 6 atom stereocenters. The van der Waals surface area contributed by atoms with Crippen LogP contribution in [0.1, 0.15) is 20.8 Å². The van der Waals surface area contributed by atoms with Crippen LogP contribution in [0.2, 0.25) is 0 Å². The van der Waals surface area contributed by atoms with Crippen LogP contribution in [-0.4, -0.2) is 44.6 Å². The van der Waals surface area contributed by atoms with Crippen molar-refractivity contribution in [3.05, 3.63) is 0 Å². The molecule has 0 aromatic carbocycles. The number of rotatable bonds is 10. The van der Waals surface area contributed by atoms with Gasteiger partial charge in [-0.15, -0.1) is 0 Å². The molecule has 1 heterocycles. The fraction of sp³-hybridized carbons (Fsp3) is 0.867. The summed E-state index contributed by atoms with van der Waals surface area (Å²) in [5, 5.41) is 13.2. The predicted octanol–water partition coefficient (Wildman–Crippen LogP) is -1.87. The van der Waals surface area contributed by atoms with Gasteiger partial charge in [-0.3, -0.25) is 5.04 Å². The summed E-state index contributed by atoms with van der Waals surface area (Å²) in [4.78, 5) is 0. The maximum Gasteiger partial charge on any atom is 1.00 e. The van der Waals surface area contributed by atoms with Crippen molar-refractivity contribution in [2.75, 3.05) is 26.1 Å². The summed E-state index contributed by atoms with van der Waals surface area (Å²) in [6.07, 6.45) is 6.46. The van der Waals surface area contributed by atoms with Crippen LogP contribution in [0.5, 0.6) is 0 Å². The van der Waals surface area contributed by atoms with E-state index in [9.17, 15) is 5.26 Å². The van der Waals surface area contributed by atoms with Gasteiger partial charge in [-0.25, -0.2) is 0 Å². The van der Waals surface area contributed by atoms with E-state index in [2.05, 4.69) is 36.2 Å². The second-order valence-corrected chi connectivity index (χ2v) is 6.39. The van der Waals surface area contributed by atoms with E-state index >= 15 is 0 Å². The Kier molecular flexibility index (Phi) is 13.9. The molecular formula is C15H25NaO7S. The molecule has 0 spiro atoms. The van der Waals surface area contributed by atoms with Gasteiger partial charge in [0.05, 0.1) is 19.3 Å². The number of methoxy groups -OCH3 is 1. The summed E-state index contributed by atoms with van der Waals surface area (Å²) >= 11 is 0.923. The zero-order chi connectivity index (χ0) is 17.2. The molecule has 0 amide bonds. The van der Waals surface area contributed by atoms with E-state index < -0.39 is 0 Å². The van der Waals surface area contributed by atoms with E-state index in [1.165, 1.54) is 0 Å². The molecule has 1 aliphatic rings. The summed E-state index contributed by atoms with van der Waals surface area (Å²) < 4.78 is 26.3. The van der Waals surface area contributed by atoms with Crippen molar-refractivity contribution >= 4 is 12.0 Å². The van der Waals surface area contributed by atoms with E-state index in [1.807, 2.05) is 0 Å². The van der Waals surface area contributed by atoms with Crippen molar-refractivity contribution in [1.82, 2.24) is 0 Å². The third-order valence-corrected chi connectivity index (χ3v) is 4.94. The van der Waals surface area contributed by atoms with Gasteiger partial charge >= 0.3 is 29.6 Å². The van der Waals surface area contributed by atoms with Crippen LogP contribution in [0.15, 0.2) is 0 Å². The first-order chi connectivity index (χ1) is 11.0. The van der Waals surface area contributed by atoms with Crippen molar-refractivity contribution in [3.63, 3.8) is 0 Å². The molecular weight excluding hydrogens is 347 g/mol. The minimum absolute atomic E-state index is 0. The fourth-order valence-corrected chi connectivity index (χ4v) is 3.19. The summed E-state index contributed by atoms with van der Waals surface area (Å²) in [7, 11) is 1.57. The molecule has 0 aromatic rings. The zero-order valence-electron chi connectivity index (χ0n) is 14.9. The molecule has 0 saturated carbocycles. The maximum absolute atomic E-state index is 9.88. The predicted molar refractivity (Wildman–Crippen MR) is 82.3 cm³/mol. The Bertz CT molecular complexity index is 368. The molecule has 6 unspecified atom stereocenters. The molecule has 0 radical (unpaired) electrons. The Morgan fingerprint density at radius 2 is 1.92 bits per heavy atom. The van der Waals surface area contributed by atoms with E-state index in [0.717, 1.165) is 12.0 Å². The van der Waals surface area contributed by atoms with Gasteiger partial charge in [0.25, 0.3) is 0 Å². The minimum Gasteiger partial charge on any atom is -0.691 e. The Morgan fingerprint density at radius 1 is 1.21 bits per heavy atom. The molecule has 1 saturated heterocycles. The molecule has 9 heteroatoms. The van der Waals surface area contributed by atoms with Gasteiger partial charge in [0.1, 0.15) is 6.11 Å². The van der Waals surface area contributed by atoms with Crippen molar-refractivity contribution in [2.24, 2.45) is 17.8 Å². The van der Waals surface area contributed by atoms with Crippen LogP contribution in [0.4, 0.5) is 0 Å². The number of ether oxygens (including phenoxy) is 4. The van der Waals surface area contributed by atoms with Crippen molar-refractivity contribution < 1.29 is 63.1 Å². The van der Waals surface area contributed by atoms with Crippen LogP contribution in [0.25, 0.3) is 0 Å². The van der Waals surface area contributed by atoms with Gasteiger partial charge < -0.3 is 24.2 Å². The number of hydrogen-bond acceptors (Lipinski definition) is 8. The van der Waals surface area contributed by atoms with Crippen molar-refractivity contribution in [2.45, 2.75) is 39.3 Å². The van der Waals surface area contributed by atoms with Crippen molar-refractivity contribution in [3.8, 4) is 12.5 Å². The first-order valence-electron chi connectivity index (χ1n) is 7.50. The molecule has 7 nitrogen and oxygen atoms in total. The normalized spacial score (nSPS) is 30.9. The standard InChI is InChI=1S/C15H26O7S.Na/c1-6-18-13(7-17-5)8-19-15-12(4)10(2)11(3)14(20-15)9-23-22-21-16;/h1,10-16H,7-9H2,2-5H3;/q;+1/p-1. The minimum atomic E-state index is -0.388. The molecule has 0 bridgehead atoms. The van der Waals surface area contributed by atoms with E-state index in [0.29, 0.717) is 24.2 Å². The van der Waals surface area contributed by atoms with E-state index in [-0.39, 0.29) is 60.6 Å². The average molecular weight is 372 g/mol. The van der Waals surface area contributed by atoms with E-state index in [1.54, 1.807) is 7.11 Å². The topological polar surface area (TPSA) is 78.4 Å². The third kappa shape index (κ3) is 7.79.